The molecule has 21 heavy (non-hydrogen) atoms. The number of nitrogens with zero attached hydrogens (tertiary/aromatic N) is 3. The molecule has 6 heteroatoms. The Morgan fingerprint density at radius 2 is 2.38 bits per heavy atom. The van der Waals surface area contributed by atoms with Gasteiger partial charge >= 0.3 is 0 Å². The van der Waals surface area contributed by atoms with Crippen LogP contribution in [0.3, 0.4) is 0 Å². The second-order valence-electron chi connectivity index (χ2n) is 5.20. The van der Waals surface area contributed by atoms with Crippen LogP contribution < -0.4 is 15.8 Å². The van der Waals surface area contributed by atoms with E-state index in [1.54, 1.807) is 7.11 Å². The van der Waals surface area contributed by atoms with Crippen LogP contribution in [-0.2, 0) is 6.42 Å². The molecular formula is C15H21N5O. The van der Waals surface area contributed by atoms with Gasteiger partial charge in [-0.25, -0.2) is 4.68 Å². The largest absolute Gasteiger partial charge is 0.497 e. The minimum Gasteiger partial charge on any atom is -0.497 e. The van der Waals surface area contributed by atoms with Crippen molar-refractivity contribution in [2.45, 2.75) is 25.3 Å². The first kappa shape index (κ1) is 13.9. The average Bonchev–Trinajstić information content (AvgIpc) is 2.95. The number of hydrogen-bond acceptors (Lipinski definition) is 5. The molecule has 0 amide bonds. The van der Waals surface area contributed by atoms with E-state index in [-0.39, 0.29) is 6.04 Å². The lowest BCUT2D eigenvalue weighted by molar-refractivity contribution is 0.411. The van der Waals surface area contributed by atoms with E-state index in [0.717, 1.165) is 43.3 Å². The zero-order valence-corrected chi connectivity index (χ0v) is 12.2. The first-order valence-corrected chi connectivity index (χ1v) is 7.35. The molecule has 0 radical (unpaired) electrons. The van der Waals surface area contributed by atoms with Crippen molar-refractivity contribution in [2.75, 3.05) is 25.5 Å². The predicted molar refractivity (Wildman–Crippen MR) is 81.6 cm³/mol. The van der Waals surface area contributed by atoms with Crippen LogP contribution in [0.1, 0.15) is 30.3 Å². The first-order chi connectivity index (χ1) is 10.3. The lowest BCUT2D eigenvalue weighted by atomic mass is 10.0. The van der Waals surface area contributed by atoms with E-state index in [9.17, 15) is 0 Å². The maximum absolute atomic E-state index is 5.56. The zero-order valence-electron chi connectivity index (χ0n) is 12.2. The normalized spacial score (nSPS) is 17.1. The molecule has 1 unspecified atom stereocenters. The van der Waals surface area contributed by atoms with E-state index in [1.165, 1.54) is 5.56 Å². The number of benzene rings is 1. The summed E-state index contributed by atoms with van der Waals surface area (Å²) < 4.78 is 7.31. The molecule has 1 aliphatic heterocycles. The third-order valence-corrected chi connectivity index (χ3v) is 3.75. The molecule has 0 saturated heterocycles. The lowest BCUT2D eigenvalue weighted by Crippen LogP contribution is -2.24. The van der Waals surface area contributed by atoms with Crippen LogP contribution in [0, 0.1) is 0 Å². The molecule has 0 bridgehead atoms. The van der Waals surface area contributed by atoms with Crippen molar-refractivity contribution in [1.82, 2.24) is 14.8 Å². The molecule has 0 fully saturated rings. The topological polar surface area (TPSA) is 78.0 Å². The lowest BCUT2D eigenvalue weighted by Gasteiger charge is -2.24. The van der Waals surface area contributed by atoms with Crippen LogP contribution in [0.2, 0.25) is 0 Å². The van der Waals surface area contributed by atoms with Gasteiger partial charge in [0.15, 0.2) is 5.82 Å². The van der Waals surface area contributed by atoms with Crippen LogP contribution in [-0.4, -0.2) is 35.0 Å². The molecule has 0 spiro atoms. The maximum atomic E-state index is 5.56. The summed E-state index contributed by atoms with van der Waals surface area (Å²) in [5, 5.41) is 7.96. The first-order valence-electron chi connectivity index (χ1n) is 7.35. The zero-order chi connectivity index (χ0) is 14.7. The van der Waals surface area contributed by atoms with Gasteiger partial charge in [0.1, 0.15) is 5.75 Å². The Balaban J connectivity index is 1.90. The Morgan fingerprint density at radius 3 is 3.19 bits per heavy atom. The van der Waals surface area contributed by atoms with Crippen molar-refractivity contribution in [2.24, 2.45) is 5.73 Å². The van der Waals surface area contributed by atoms with Gasteiger partial charge in [-0.05, 0) is 37.1 Å². The smallest absolute Gasteiger partial charge is 0.221 e. The summed E-state index contributed by atoms with van der Waals surface area (Å²) in [4.78, 5) is 4.56. The number of fused-ring (bicyclic) bond motifs is 1. The van der Waals surface area contributed by atoms with Gasteiger partial charge < -0.3 is 15.8 Å². The van der Waals surface area contributed by atoms with Crippen molar-refractivity contribution in [1.29, 1.82) is 0 Å². The fraction of sp³-hybridized carbons (Fsp3) is 0.467. The summed E-state index contributed by atoms with van der Waals surface area (Å²) in [7, 11) is 1.69. The van der Waals surface area contributed by atoms with Crippen LogP contribution in [0.5, 0.6) is 5.75 Å². The number of nitrogens with two attached hydrogens (primary N) is 1. The predicted octanol–water partition coefficient (Wildman–Crippen LogP) is 1.58. The molecule has 1 atom stereocenters. The molecule has 2 heterocycles. The van der Waals surface area contributed by atoms with Gasteiger partial charge in [0.2, 0.25) is 5.95 Å². The summed E-state index contributed by atoms with van der Waals surface area (Å²) in [5.74, 6) is 2.58. The maximum Gasteiger partial charge on any atom is 0.221 e. The molecule has 112 valence electrons. The van der Waals surface area contributed by atoms with Crippen LogP contribution in [0.4, 0.5) is 5.95 Å². The molecule has 3 N–H and O–H groups in total. The second-order valence-corrected chi connectivity index (χ2v) is 5.20. The number of rotatable bonds is 5. The third-order valence-electron chi connectivity index (χ3n) is 3.75. The molecule has 0 saturated carbocycles. The van der Waals surface area contributed by atoms with Crippen molar-refractivity contribution < 1.29 is 4.74 Å². The minimum atomic E-state index is 0.204. The van der Waals surface area contributed by atoms with E-state index >= 15 is 0 Å². The van der Waals surface area contributed by atoms with Gasteiger partial charge in [-0.1, -0.05) is 12.1 Å². The molecule has 3 rings (SSSR count). The molecule has 1 aromatic heterocycles. The van der Waals surface area contributed by atoms with E-state index in [4.69, 9.17) is 10.5 Å². The van der Waals surface area contributed by atoms with Crippen LogP contribution in [0.25, 0.3) is 0 Å². The summed E-state index contributed by atoms with van der Waals surface area (Å²) in [5.41, 5.74) is 6.76. The quantitative estimate of drug-likeness (QED) is 0.873. The Morgan fingerprint density at radius 1 is 1.48 bits per heavy atom. The number of ether oxygens (including phenoxy) is 1. The molecule has 1 aromatic carbocycles. The van der Waals surface area contributed by atoms with Gasteiger partial charge in [0.05, 0.1) is 13.2 Å². The standard InChI is InChI=1S/C15H21N5O/c1-21-12-5-2-4-11(10-12)13-7-9-17-15-18-14(6-3-8-16)19-20(13)15/h2,4-5,10,13H,3,6-9,16H2,1H3,(H,17,18,19). The molecular weight excluding hydrogens is 266 g/mol. The number of methoxy groups -OCH3 is 1. The van der Waals surface area contributed by atoms with Gasteiger partial charge in [0, 0.05) is 13.0 Å². The Labute approximate surface area is 124 Å². The summed E-state index contributed by atoms with van der Waals surface area (Å²) >= 11 is 0. The molecule has 0 aliphatic carbocycles. The number of hydrogen-bond donors (Lipinski definition) is 2. The summed E-state index contributed by atoms with van der Waals surface area (Å²) in [6.45, 7) is 1.56. The number of anilines is 1. The van der Waals surface area contributed by atoms with Crippen molar-refractivity contribution in [3.05, 3.63) is 35.7 Å². The molecule has 1 aliphatic rings. The van der Waals surface area contributed by atoms with E-state index in [0.29, 0.717) is 6.54 Å². The number of aromatic nitrogens is 3. The highest BCUT2D eigenvalue weighted by atomic mass is 16.5. The minimum absolute atomic E-state index is 0.204. The van der Waals surface area contributed by atoms with E-state index < -0.39 is 0 Å². The monoisotopic (exact) mass is 287 g/mol. The Kier molecular flexibility index (Phi) is 4.06. The Hall–Kier alpha value is -2.08. The highest BCUT2D eigenvalue weighted by Gasteiger charge is 2.24. The van der Waals surface area contributed by atoms with Crippen molar-refractivity contribution in [3.8, 4) is 5.75 Å². The third kappa shape index (κ3) is 2.85. The highest BCUT2D eigenvalue weighted by Crippen LogP contribution is 2.30. The van der Waals surface area contributed by atoms with Crippen LogP contribution in [0.15, 0.2) is 24.3 Å². The number of aryl methyl sites for hydroxylation is 1. The van der Waals surface area contributed by atoms with Crippen LogP contribution >= 0.6 is 0 Å². The van der Waals surface area contributed by atoms with Gasteiger partial charge in [-0.15, -0.1) is 0 Å². The van der Waals surface area contributed by atoms with Gasteiger partial charge in [0.25, 0.3) is 0 Å². The molecule has 6 nitrogen and oxygen atoms in total. The van der Waals surface area contributed by atoms with E-state index in [2.05, 4.69) is 27.5 Å². The fourth-order valence-electron chi connectivity index (χ4n) is 2.67. The SMILES string of the molecule is COc1cccc(C2CCNc3nc(CCCN)nn32)c1. The van der Waals surface area contributed by atoms with E-state index in [1.807, 2.05) is 16.8 Å². The highest BCUT2D eigenvalue weighted by molar-refractivity contribution is 5.36. The number of nitrogens with one attached hydrogen (secondary N) is 1. The second kappa shape index (κ2) is 6.13. The Bertz CT molecular complexity index is 610. The summed E-state index contributed by atoms with van der Waals surface area (Å²) in [6.07, 6.45) is 2.72. The van der Waals surface area contributed by atoms with Gasteiger partial charge in [-0.3, -0.25) is 0 Å². The van der Waals surface area contributed by atoms with Gasteiger partial charge in [-0.2, -0.15) is 10.1 Å². The van der Waals surface area contributed by atoms with Crippen molar-refractivity contribution in [3.63, 3.8) is 0 Å². The molecule has 2 aromatic rings. The average molecular weight is 287 g/mol. The summed E-state index contributed by atoms with van der Waals surface area (Å²) in [6, 6.07) is 8.36. The fourth-order valence-corrected chi connectivity index (χ4v) is 2.67. The van der Waals surface area contributed by atoms with Crippen molar-refractivity contribution >= 4 is 5.95 Å².